The van der Waals surface area contributed by atoms with E-state index in [1.807, 2.05) is 41.3 Å². The molecule has 38 heavy (non-hydrogen) atoms. The molecule has 0 radical (unpaired) electrons. The van der Waals surface area contributed by atoms with E-state index in [-0.39, 0.29) is 5.91 Å². The molecule has 0 saturated carbocycles. The fraction of sp³-hybridized carbons (Fsp3) is 0.241. The van der Waals surface area contributed by atoms with Gasteiger partial charge in [0.15, 0.2) is 11.5 Å². The molecule has 2 heterocycles. The maximum absolute atomic E-state index is 14.4. The predicted molar refractivity (Wildman–Crippen MR) is 146 cm³/mol. The highest BCUT2D eigenvalue weighted by atomic mass is 35.5. The van der Waals surface area contributed by atoms with Gasteiger partial charge in [-0.3, -0.25) is 4.79 Å². The molecule has 0 spiro atoms. The molecule has 0 fully saturated rings. The summed E-state index contributed by atoms with van der Waals surface area (Å²) in [7, 11) is 4.83. The Kier molecular flexibility index (Phi) is 7.23. The maximum atomic E-state index is 14.4. The molecule has 0 N–H and O–H groups in total. The molecule has 1 amide bonds. The molecule has 5 rings (SSSR count). The van der Waals surface area contributed by atoms with E-state index < -0.39 is 6.04 Å². The van der Waals surface area contributed by atoms with Crippen molar-refractivity contribution in [3.8, 4) is 28.5 Å². The van der Waals surface area contributed by atoms with Crippen LogP contribution in [0.2, 0.25) is 10.0 Å². The minimum absolute atomic E-state index is 0.240. The van der Waals surface area contributed by atoms with Gasteiger partial charge in [0, 0.05) is 12.1 Å². The van der Waals surface area contributed by atoms with Crippen LogP contribution in [0.4, 0.5) is 0 Å². The number of carbonyl (C=O) groups is 1. The largest absolute Gasteiger partial charge is 0.497 e. The van der Waals surface area contributed by atoms with Gasteiger partial charge in [-0.25, -0.2) is 0 Å². The number of fused-ring (bicyclic) bond motifs is 1. The summed E-state index contributed by atoms with van der Waals surface area (Å²) in [6, 6.07) is 16.3. The summed E-state index contributed by atoms with van der Waals surface area (Å²) in [6.07, 6.45) is 0.626. The lowest BCUT2D eigenvalue weighted by atomic mass is 9.87. The van der Waals surface area contributed by atoms with Gasteiger partial charge in [-0.2, -0.15) is 0 Å². The molecule has 1 aliphatic heterocycles. The van der Waals surface area contributed by atoms with Gasteiger partial charge in [-0.05, 0) is 66.4 Å². The lowest BCUT2D eigenvalue weighted by Crippen LogP contribution is -2.41. The van der Waals surface area contributed by atoms with Crippen molar-refractivity contribution in [1.29, 1.82) is 0 Å². The summed E-state index contributed by atoms with van der Waals surface area (Å²) in [5.74, 6) is 2.10. The van der Waals surface area contributed by atoms with Crippen molar-refractivity contribution in [2.24, 2.45) is 0 Å². The average molecular weight is 553 g/mol. The third kappa shape index (κ3) is 4.46. The monoisotopic (exact) mass is 552 g/mol. The minimum Gasteiger partial charge on any atom is -0.497 e. The van der Waals surface area contributed by atoms with Gasteiger partial charge in [0.05, 0.1) is 37.4 Å². The van der Waals surface area contributed by atoms with Crippen LogP contribution in [0.25, 0.3) is 11.3 Å². The van der Waals surface area contributed by atoms with E-state index in [1.54, 1.807) is 46.5 Å². The van der Waals surface area contributed by atoms with Crippen LogP contribution in [0, 0.1) is 6.92 Å². The molecule has 1 aromatic heterocycles. The summed E-state index contributed by atoms with van der Waals surface area (Å²) >= 11 is 13.0. The second-order valence-electron chi connectivity index (χ2n) is 8.89. The molecule has 7 nitrogen and oxygen atoms in total. The number of ether oxygens (including phenoxy) is 3. The molecule has 9 heteroatoms. The van der Waals surface area contributed by atoms with Crippen LogP contribution in [-0.2, 0) is 6.42 Å². The third-order valence-corrected chi connectivity index (χ3v) is 7.47. The molecular formula is C29H26Cl2N2O5. The smallest absolute Gasteiger partial charge is 0.260 e. The van der Waals surface area contributed by atoms with Crippen molar-refractivity contribution in [3.63, 3.8) is 0 Å². The highest BCUT2D eigenvalue weighted by Crippen LogP contribution is 2.43. The Morgan fingerprint density at radius 1 is 0.974 bits per heavy atom. The number of halogens is 2. The van der Waals surface area contributed by atoms with Gasteiger partial charge < -0.3 is 23.6 Å². The van der Waals surface area contributed by atoms with Gasteiger partial charge in [0.25, 0.3) is 5.91 Å². The van der Waals surface area contributed by atoms with Crippen molar-refractivity contribution in [2.75, 3.05) is 27.9 Å². The Morgan fingerprint density at radius 3 is 2.26 bits per heavy atom. The Balaban J connectivity index is 1.67. The van der Waals surface area contributed by atoms with Crippen LogP contribution in [0.3, 0.4) is 0 Å². The van der Waals surface area contributed by atoms with Gasteiger partial charge in [0.1, 0.15) is 22.8 Å². The zero-order valence-electron chi connectivity index (χ0n) is 21.4. The number of nitrogens with zero attached hydrogens (tertiary/aromatic N) is 2. The first-order valence-electron chi connectivity index (χ1n) is 12.0. The standard InChI is InChI=1S/C29H26Cl2N2O5/c1-16-25(27(32-38-16)26-21(30)6-5-7-22(26)31)29(34)33-13-12-18-14-23(36-3)24(37-4)15-20(18)28(33)17-8-10-19(35-2)11-9-17/h5-11,14-15,28H,12-13H2,1-4H3/t28-/m1/s1. The molecule has 196 valence electrons. The van der Waals surface area contributed by atoms with Crippen molar-refractivity contribution < 1.29 is 23.5 Å². The zero-order valence-corrected chi connectivity index (χ0v) is 22.9. The van der Waals surface area contributed by atoms with Gasteiger partial charge in [0.2, 0.25) is 0 Å². The number of methoxy groups -OCH3 is 3. The van der Waals surface area contributed by atoms with E-state index in [4.69, 9.17) is 41.9 Å². The lowest BCUT2D eigenvalue weighted by molar-refractivity contribution is 0.0693. The summed E-state index contributed by atoms with van der Waals surface area (Å²) in [5, 5.41) is 4.96. The van der Waals surface area contributed by atoms with Crippen LogP contribution in [0.15, 0.2) is 59.1 Å². The van der Waals surface area contributed by atoms with Crippen molar-refractivity contribution in [3.05, 3.63) is 92.7 Å². The number of hydrogen-bond donors (Lipinski definition) is 0. The first-order valence-corrected chi connectivity index (χ1v) is 12.7. The third-order valence-electron chi connectivity index (χ3n) is 6.84. The second-order valence-corrected chi connectivity index (χ2v) is 9.70. The van der Waals surface area contributed by atoms with Gasteiger partial charge in [-0.1, -0.05) is 46.6 Å². The summed E-state index contributed by atoms with van der Waals surface area (Å²) in [6.45, 7) is 2.17. The van der Waals surface area contributed by atoms with E-state index in [2.05, 4.69) is 5.16 Å². The second kappa shape index (κ2) is 10.6. The molecule has 0 aliphatic carbocycles. The minimum atomic E-state index is -0.416. The van der Waals surface area contributed by atoms with E-state index in [0.29, 0.717) is 57.1 Å². The summed E-state index contributed by atoms with van der Waals surface area (Å²) in [5.41, 5.74) is 4.03. The number of hydrogen-bond acceptors (Lipinski definition) is 6. The molecular weight excluding hydrogens is 527 g/mol. The average Bonchev–Trinajstić information content (AvgIpc) is 3.31. The highest BCUT2D eigenvalue weighted by molar-refractivity contribution is 6.39. The number of aromatic nitrogens is 1. The summed E-state index contributed by atoms with van der Waals surface area (Å²) in [4.78, 5) is 16.2. The number of aryl methyl sites for hydroxylation is 1. The molecule has 0 bridgehead atoms. The number of benzene rings is 3. The molecule has 4 aromatic rings. The van der Waals surface area contributed by atoms with Crippen molar-refractivity contribution in [2.45, 2.75) is 19.4 Å². The Morgan fingerprint density at radius 2 is 1.63 bits per heavy atom. The normalized spacial score (nSPS) is 14.7. The van der Waals surface area contributed by atoms with E-state index in [1.165, 1.54) is 0 Å². The van der Waals surface area contributed by atoms with Crippen molar-refractivity contribution in [1.82, 2.24) is 10.1 Å². The molecule has 0 saturated heterocycles. The highest BCUT2D eigenvalue weighted by Gasteiger charge is 2.37. The fourth-order valence-corrected chi connectivity index (χ4v) is 5.55. The van der Waals surface area contributed by atoms with Crippen LogP contribution in [0.5, 0.6) is 17.2 Å². The molecule has 1 aliphatic rings. The number of rotatable bonds is 6. The first kappa shape index (κ1) is 25.9. The van der Waals surface area contributed by atoms with Crippen LogP contribution in [-0.4, -0.2) is 43.8 Å². The Hall–Kier alpha value is -3.68. The van der Waals surface area contributed by atoms with E-state index >= 15 is 0 Å². The summed E-state index contributed by atoms with van der Waals surface area (Å²) < 4.78 is 22.0. The molecule has 0 unspecified atom stereocenters. The molecule has 3 aromatic carbocycles. The predicted octanol–water partition coefficient (Wildman–Crippen LogP) is 6.77. The van der Waals surface area contributed by atoms with Crippen molar-refractivity contribution >= 4 is 29.1 Å². The Labute approximate surface area is 230 Å². The number of amides is 1. The SMILES string of the molecule is COc1ccc([C@@H]2c3cc(OC)c(OC)cc3CCN2C(=O)c2c(-c3c(Cl)cccc3Cl)noc2C)cc1. The maximum Gasteiger partial charge on any atom is 0.260 e. The molecule has 1 atom stereocenters. The topological polar surface area (TPSA) is 74.0 Å². The lowest BCUT2D eigenvalue weighted by Gasteiger charge is -2.38. The number of carbonyl (C=O) groups excluding carboxylic acids is 1. The Bertz CT molecular complexity index is 1480. The van der Waals surface area contributed by atoms with Crippen LogP contribution < -0.4 is 14.2 Å². The fourth-order valence-electron chi connectivity index (χ4n) is 4.97. The van der Waals surface area contributed by atoms with E-state index in [9.17, 15) is 4.79 Å². The van der Waals surface area contributed by atoms with E-state index in [0.717, 1.165) is 22.4 Å². The van der Waals surface area contributed by atoms with Crippen LogP contribution in [0.1, 0.15) is 38.9 Å². The quantitative estimate of drug-likeness (QED) is 0.262. The van der Waals surface area contributed by atoms with Gasteiger partial charge in [-0.15, -0.1) is 0 Å². The zero-order chi connectivity index (χ0) is 27.0. The van der Waals surface area contributed by atoms with Gasteiger partial charge >= 0.3 is 0 Å². The first-order chi connectivity index (χ1) is 18.4. The van der Waals surface area contributed by atoms with Crippen LogP contribution >= 0.6 is 23.2 Å².